The monoisotopic (exact) mass is 510 g/mol. The first-order chi connectivity index (χ1) is 16.8. The second kappa shape index (κ2) is 12.3. The summed E-state index contributed by atoms with van der Waals surface area (Å²) in [6.45, 7) is 3.47. The number of rotatable bonds is 8. The van der Waals surface area contributed by atoms with E-state index in [-0.39, 0.29) is 30.8 Å². The number of ether oxygens (including phenoxy) is 2. The number of nitrogens with zero attached hydrogens (tertiary/aromatic N) is 1. The molecule has 0 saturated heterocycles. The van der Waals surface area contributed by atoms with Crippen LogP contribution in [0.4, 0.5) is 0 Å². The van der Waals surface area contributed by atoms with Crippen molar-refractivity contribution < 1.29 is 19.1 Å². The van der Waals surface area contributed by atoms with E-state index in [9.17, 15) is 9.59 Å². The van der Waals surface area contributed by atoms with Crippen molar-refractivity contribution in [1.82, 2.24) is 5.32 Å². The maximum absolute atomic E-state index is 13.2. The lowest BCUT2D eigenvalue weighted by Crippen LogP contribution is -2.32. The van der Waals surface area contributed by atoms with Crippen molar-refractivity contribution in [2.75, 3.05) is 13.2 Å². The van der Waals surface area contributed by atoms with Crippen molar-refractivity contribution in [2.24, 2.45) is 0 Å². The molecule has 35 heavy (non-hydrogen) atoms. The molecule has 3 rings (SSSR count). The zero-order valence-electron chi connectivity index (χ0n) is 19.3. The summed E-state index contributed by atoms with van der Waals surface area (Å²) < 4.78 is 10.8. The Kier molecular flexibility index (Phi) is 9.13. The maximum atomic E-state index is 13.2. The Morgan fingerprint density at radius 1 is 1.00 bits per heavy atom. The van der Waals surface area contributed by atoms with E-state index in [2.05, 4.69) is 5.32 Å². The van der Waals surface area contributed by atoms with Crippen molar-refractivity contribution in [2.45, 2.75) is 26.2 Å². The molecule has 1 aliphatic heterocycles. The standard InChI is InChI=1S/C27H24Cl2N2O4/c1-17-23(26(32)34-14-4-6-19-9-11-21(28)12-10-19)25(20-7-3-8-22(29)16-20)24(18(2)31-17)27(33)35-15-5-13-30/h3-4,6-12,16,25,31H,5,14-15H2,1-2H3/b6-4+. The fourth-order valence-electron chi connectivity index (χ4n) is 3.78. The first-order valence-electron chi connectivity index (χ1n) is 10.9. The van der Waals surface area contributed by atoms with E-state index in [0.29, 0.717) is 27.0 Å². The third-order valence-corrected chi connectivity index (χ3v) is 5.81. The van der Waals surface area contributed by atoms with Gasteiger partial charge in [0.1, 0.15) is 13.2 Å². The Balaban J connectivity index is 1.87. The van der Waals surface area contributed by atoms with E-state index in [1.165, 1.54) is 0 Å². The van der Waals surface area contributed by atoms with Crippen molar-refractivity contribution >= 4 is 41.2 Å². The molecule has 1 unspecified atom stereocenters. The minimum atomic E-state index is -0.753. The van der Waals surface area contributed by atoms with Gasteiger partial charge in [-0.15, -0.1) is 0 Å². The van der Waals surface area contributed by atoms with Crippen LogP contribution in [0.2, 0.25) is 10.0 Å². The van der Waals surface area contributed by atoms with Gasteiger partial charge in [-0.1, -0.05) is 53.5 Å². The van der Waals surface area contributed by atoms with Gasteiger partial charge in [0.15, 0.2) is 0 Å². The zero-order valence-corrected chi connectivity index (χ0v) is 20.8. The molecule has 1 aliphatic rings. The minimum absolute atomic E-state index is 0.0329. The summed E-state index contributed by atoms with van der Waals surface area (Å²) in [5, 5.41) is 13.0. The first-order valence-corrected chi connectivity index (χ1v) is 11.6. The highest BCUT2D eigenvalue weighted by Crippen LogP contribution is 2.39. The van der Waals surface area contributed by atoms with E-state index < -0.39 is 17.9 Å². The molecule has 1 heterocycles. The van der Waals surface area contributed by atoms with E-state index >= 15 is 0 Å². The SMILES string of the molecule is CC1=C(C(=O)OC/C=C/c2ccc(Cl)cc2)C(c2cccc(Cl)c2)C(C(=O)OCCC#N)=C(C)N1. The van der Waals surface area contributed by atoms with Gasteiger partial charge in [0.2, 0.25) is 0 Å². The highest BCUT2D eigenvalue weighted by Gasteiger charge is 2.38. The van der Waals surface area contributed by atoms with E-state index in [1.807, 2.05) is 24.3 Å². The van der Waals surface area contributed by atoms with Crippen molar-refractivity contribution in [3.05, 3.63) is 98.3 Å². The summed E-state index contributed by atoms with van der Waals surface area (Å²) in [7, 11) is 0. The normalized spacial score (nSPS) is 15.6. The molecule has 0 radical (unpaired) electrons. The lowest BCUT2D eigenvalue weighted by molar-refractivity contribution is -0.139. The van der Waals surface area contributed by atoms with E-state index in [0.717, 1.165) is 5.56 Å². The molecule has 0 saturated carbocycles. The zero-order chi connectivity index (χ0) is 25.4. The molecule has 180 valence electrons. The number of hydrogen-bond acceptors (Lipinski definition) is 6. The van der Waals surface area contributed by atoms with Crippen LogP contribution in [-0.4, -0.2) is 25.2 Å². The fraction of sp³-hybridized carbons (Fsp3) is 0.222. The van der Waals surface area contributed by atoms with Gasteiger partial charge in [-0.05, 0) is 55.3 Å². The average Bonchev–Trinajstić information content (AvgIpc) is 2.82. The predicted octanol–water partition coefficient (Wildman–Crippen LogP) is 5.94. The number of esters is 2. The number of dihydropyridines is 1. The molecular weight excluding hydrogens is 487 g/mol. The van der Waals surface area contributed by atoms with E-state index in [1.54, 1.807) is 56.3 Å². The molecule has 0 bridgehead atoms. The van der Waals surface area contributed by atoms with E-state index in [4.69, 9.17) is 37.9 Å². The summed E-state index contributed by atoms with van der Waals surface area (Å²) in [5.41, 5.74) is 3.22. The lowest BCUT2D eigenvalue weighted by atomic mass is 9.80. The Labute approximate surface area is 214 Å². The van der Waals surface area contributed by atoms with Crippen LogP contribution in [0.3, 0.4) is 0 Å². The number of carbonyl (C=O) groups excluding carboxylic acids is 2. The third-order valence-electron chi connectivity index (χ3n) is 5.32. The summed E-state index contributed by atoms with van der Waals surface area (Å²) in [6.07, 6.45) is 3.61. The molecule has 0 aromatic heterocycles. The Morgan fingerprint density at radius 2 is 1.66 bits per heavy atom. The molecule has 0 fully saturated rings. The number of hydrogen-bond donors (Lipinski definition) is 1. The van der Waals surface area contributed by atoms with Crippen LogP contribution in [0.25, 0.3) is 6.08 Å². The maximum Gasteiger partial charge on any atom is 0.337 e. The van der Waals surface area contributed by atoms with Crippen LogP contribution in [-0.2, 0) is 19.1 Å². The smallest absolute Gasteiger partial charge is 0.337 e. The number of nitriles is 1. The fourth-order valence-corrected chi connectivity index (χ4v) is 4.11. The number of allylic oxidation sites excluding steroid dienone is 2. The summed E-state index contributed by atoms with van der Waals surface area (Å²) in [5.74, 6) is -1.94. The van der Waals surface area contributed by atoms with Gasteiger partial charge in [0.25, 0.3) is 0 Å². The number of carbonyl (C=O) groups is 2. The van der Waals surface area contributed by atoms with Crippen molar-refractivity contribution in [1.29, 1.82) is 5.26 Å². The number of benzene rings is 2. The van der Waals surface area contributed by atoms with Crippen molar-refractivity contribution in [3.63, 3.8) is 0 Å². The van der Waals surface area contributed by atoms with Crippen LogP contribution in [0.1, 0.15) is 37.3 Å². The van der Waals surface area contributed by atoms with Crippen LogP contribution in [0.5, 0.6) is 0 Å². The van der Waals surface area contributed by atoms with Gasteiger partial charge >= 0.3 is 11.9 Å². The van der Waals surface area contributed by atoms with Crippen LogP contribution < -0.4 is 5.32 Å². The molecule has 1 atom stereocenters. The molecule has 2 aromatic carbocycles. The van der Waals surface area contributed by atoms with Gasteiger partial charge in [-0.2, -0.15) is 5.26 Å². The van der Waals surface area contributed by atoms with Crippen LogP contribution >= 0.6 is 23.2 Å². The number of nitrogens with one attached hydrogen (secondary N) is 1. The summed E-state index contributed by atoms with van der Waals surface area (Å²) in [4.78, 5) is 26.3. The minimum Gasteiger partial charge on any atom is -0.461 e. The van der Waals surface area contributed by atoms with Gasteiger partial charge in [0.05, 0.1) is 29.6 Å². The molecule has 0 aliphatic carbocycles. The van der Waals surface area contributed by atoms with Gasteiger partial charge in [-0.3, -0.25) is 0 Å². The second-order valence-electron chi connectivity index (χ2n) is 7.79. The van der Waals surface area contributed by atoms with Crippen LogP contribution in [0.15, 0.2) is 77.1 Å². The first kappa shape index (κ1) is 26.1. The molecule has 0 amide bonds. The van der Waals surface area contributed by atoms with Gasteiger partial charge in [-0.25, -0.2) is 9.59 Å². The summed E-state index contributed by atoms with van der Waals surface area (Å²) >= 11 is 12.1. The Bertz CT molecular complexity index is 1240. The van der Waals surface area contributed by atoms with Crippen molar-refractivity contribution in [3.8, 4) is 6.07 Å². The topological polar surface area (TPSA) is 88.4 Å². The quantitative estimate of drug-likeness (QED) is 0.349. The molecule has 0 spiro atoms. The lowest BCUT2D eigenvalue weighted by Gasteiger charge is -2.30. The highest BCUT2D eigenvalue weighted by atomic mass is 35.5. The Hall–Kier alpha value is -3.53. The molecular formula is C27H24Cl2N2O4. The molecule has 8 heteroatoms. The third kappa shape index (κ3) is 6.75. The molecule has 2 aromatic rings. The average molecular weight is 511 g/mol. The largest absolute Gasteiger partial charge is 0.461 e. The highest BCUT2D eigenvalue weighted by molar-refractivity contribution is 6.30. The second-order valence-corrected chi connectivity index (χ2v) is 8.66. The van der Waals surface area contributed by atoms with Gasteiger partial charge in [0, 0.05) is 21.4 Å². The Morgan fingerprint density at radius 3 is 2.29 bits per heavy atom. The molecule has 6 nitrogen and oxygen atoms in total. The number of halogens is 2. The predicted molar refractivity (Wildman–Crippen MR) is 135 cm³/mol. The van der Waals surface area contributed by atoms with Gasteiger partial charge < -0.3 is 14.8 Å². The summed E-state index contributed by atoms with van der Waals surface area (Å²) in [6, 6.07) is 16.2. The molecule has 1 N–H and O–H groups in total. The van der Waals surface area contributed by atoms with Crippen LogP contribution in [0, 0.1) is 11.3 Å².